The summed E-state index contributed by atoms with van der Waals surface area (Å²) in [5, 5.41) is 1.05. The van der Waals surface area contributed by atoms with Gasteiger partial charge in [0.25, 0.3) is 5.82 Å². The number of carbonyl (C=O) groups is 2. The monoisotopic (exact) mass is 484 g/mol. The molecule has 182 valence electrons. The van der Waals surface area contributed by atoms with Crippen molar-refractivity contribution >= 4 is 34.5 Å². The molecule has 4 rings (SSSR count). The molecule has 2 aromatic heterocycles. The third-order valence-corrected chi connectivity index (χ3v) is 7.39. The fourth-order valence-corrected chi connectivity index (χ4v) is 5.21. The lowest BCUT2D eigenvalue weighted by atomic mass is 9.85. The Hall–Kier alpha value is -2.78. The van der Waals surface area contributed by atoms with Crippen LogP contribution in [0.3, 0.4) is 0 Å². The predicted octanol–water partition coefficient (Wildman–Crippen LogP) is 2.74. The number of imidazole rings is 1. The second kappa shape index (κ2) is 10.7. The lowest BCUT2D eigenvalue weighted by molar-refractivity contribution is -0.732. The van der Waals surface area contributed by atoms with Crippen LogP contribution in [-0.4, -0.2) is 57.6 Å². The first-order chi connectivity index (χ1) is 16.5. The van der Waals surface area contributed by atoms with Crippen molar-refractivity contribution in [3.63, 3.8) is 0 Å². The smallest absolute Gasteiger partial charge is 0.408 e. The SMILES string of the molecule is CSCCN(CCN)C(=O)OC[n+]1ccn(CC2CCc3c(c4ccccc4n3C)C2=O)c1C. The quantitative estimate of drug-likeness (QED) is 0.472. The van der Waals surface area contributed by atoms with Crippen molar-refractivity contribution in [3.8, 4) is 0 Å². The largest absolute Gasteiger partial charge is 0.413 e. The summed E-state index contributed by atoms with van der Waals surface area (Å²) in [6.07, 6.45) is 7.22. The average molecular weight is 485 g/mol. The maximum absolute atomic E-state index is 13.5. The minimum atomic E-state index is -0.356. The summed E-state index contributed by atoms with van der Waals surface area (Å²) in [6.45, 7) is 4.22. The first-order valence-electron chi connectivity index (χ1n) is 11.7. The molecular formula is C25H34N5O3S+. The molecule has 1 unspecified atom stereocenters. The number of para-hydroxylation sites is 1. The number of nitrogens with two attached hydrogens (primary N) is 1. The van der Waals surface area contributed by atoms with Crippen LogP contribution in [0.4, 0.5) is 4.79 Å². The molecule has 2 heterocycles. The van der Waals surface area contributed by atoms with Crippen molar-refractivity contribution in [3.05, 3.63) is 53.7 Å². The summed E-state index contributed by atoms with van der Waals surface area (Å²) in [7, 11) is 2.05. The molecule has 1 aromatic carbocycles. The number of benzene rings is 1. The van der Waals surface area contributed by atoms with Gasteiger partial charge in [0, 0.05) is 61.5 Å². The highest BCUT2D eigenvalue weighted by Gasteiger charge is 2.34. The summed E-state index contributed by atoms with van der Waals surface area (Å²) in [4.78, 5) is 27.6. The van der Waals surface area contributed by atoms with E-state index in [0.717, 1.165) is 46.6 Å². The lowest BCUT2D eigenvalue weighted by Gasteiger charge is -2.21. The molecular weight excluding hydrogens is 450 g/mol. The van der Waals surface area contributed by atoms with Gasteiger partial charge in [-0.3, -0.25) is 4.79 Å². The number of rotatable bonds is 9. The summed E-state index contributed by atoms with van der Waals surface area (Å²) >= 11 is 1.68. The van der Waals surface area contributed by atoms with Gasteiger partial charge in [0.1, 0.15) is 18.9 Å². The number of fused-ring (bicyclic) bond motifs is 3. The zero-order valence-corrected chi connectivity index (χ0v) is 21.0. The molecule has 0 saturated heterocycles. The number of ether oxygens (including phenoxy) is 1. The predicted molar refractivity (Wildman–Crippen MR) is 134 cm³/mol. The zero-order valence-electron chi connectivity index (χ0n) is 20.2. The highest BCUT2D eigenvalue weighted by Crippen LogP contribution is 2.34. The highest BCUT2D eigenvalue weighted by atomic mass is 32.2. The fourth-order valence-electron chi connectivity index (χ4n) is 4.81. The van der Waals surface area contributed by atoms with E-state index in [1.165, 1.54) is 0 Å². The van der Waals surface area contributed by atoms with E-state index in [9.17, 15) is 9.59 Å². The zero-order chi connectivity index (χ0) is 24.2. The third kappa shape index (κ3) is 4.72. The maximum Gasteiger partial charge on any atom is 0.413 e. The molecule has 0 fully saturated rings. The lowest BCUT2D eigenvalue weighted by Crippen LogP contribution is -2.43. The topological polar surface area (TPSA) is 86.4 Å². The number of amides is 1. The van der Waals surface area contributed by atoms with Crippen molar-refractivity contribution < 1.29 is 18.9 Å². The molecule has 0 bridgehead atoms. The van der Waals surface area contributed by atoms with Gasteiger partial charge in [0.05, 0.1) is 5.92 Å². The standard InChI is InChI=1S/C25H34N5O3S/c1-18-29(12-13-30(18)17-33-25(32)28(11-10-26)14-15-34-3)16-19-8-9-22-23(24(19)31)20-6-4-5-7-21(20)27(22)2/h4-7,12-13,19H,8-11,14-17,26H2,1-3H3/q+1. The van der Waals surface area contributed by atoms with Crippen LogP contribution >= 0.6 is 11.8 Å². The molecule has 1 aliphatic carbocycles. The fraction of sp³-hybridized carbons (Fsp3) is 0.480. The van der Waals surface area contributed by atoms with E-state index in [1.807, 2.05) is 55.4 Å². The Morgan fingerprint density at radius 3 is 2.88 bits per heavy atom. The molecule has 0 radical (unpaired) electrons. The summed E-state index contributed by atoms with van der Waals surface area (Å²) < 4.78 is 11.7. The first kappa shape index (κ1) is 24.3. The van der Waals surface area contributed by atoms with E-state index >= 15 is 0 Å². The van der Waals surface area contributed by atoms with Crippen LogP contribution in [0, 0.1) is 12.8 Å². The van der Waals surface area contributed by atoms with E-state index < -0.39 is 0 Å². The average Bonchev–Trinajstić information content (AvgIpc) is 3.34. The van der Waals surface area contributed by atoms with Crippen LogP contribution in [0.25, 0.3) is 10.9 Å². The van der Waals surface area contributed by atoms with Gasteiger partial charge in [-0.25, -0.2) is 9.36 Å². The van der Waals surface area contributed by atoms with Gasteiger partial charge in [-0.05, 0) is 25.2 Å². The van der Waals surface area contributed by atoms with E-state index in [0.29, 0.717) is 26.2 Å². The van der Waals surface area contributed by atoms with E-state index in [-0.39, 0.29) is 24.5 Å². The Bertz CT molecular complexity index is 1180. The van der Waals surface area contributed by atoms with Gasteiger partial charge in [0.15, 0.2) is 5.78 Å². The Labute approximate surface area is 204 Å². The molecule has 0 spiro atoms. The summed E-state index contributed by atoms with van der Waals surface area (Å²) in [6, 6.07) is 8.13. The molecule has 1 atom stereocenters. The van der Waals surface area contributed by atoms with Crippen LogP contribution in [0.1, 0.15) is 28.3 Å². The van der Waals surface area contributed by atoms with Gasteiger partial charge >= 0.3 is 6.09 Å². The Balaban J connectivity index is 1.43. The van der Waals surface area contributed by atoms with Crippen LogP contribution in [0.2, 0.25) is 0 Å². The number of aromatic nitrogens is 3. The molecule has 1 aliphatic rings. The number of aryl methyl sites for hydroxylation is 1. The number of hydrogen-bond acceptors (Lipinski definition) is 5. The summed E-state index contributed by atoms with van der Waals surface area (Å²) in [5.74, 6) is 1.92. The maximum atomic E-state index is 13.5. The van der Waals surface area contributed by atoms with Gasteiger partial charge < -0.3 is 19.9 Å². The van der Waals surface area contributed by atoms with E-state index in [1.54, 1.807) is 16.7 Å². The Morgan fingerprint density at radius 1 is 1.32 bits per heavy atom. The number of hydrogen-bond donors (Lipinski definition) is 1. The first-order valence-corrected chi connectivity index (χ1v) is 13.1. The molecule has 1 amide bonds. The molecule has 0 saturated carbocycles. The number of Topliss-reactive ketones (excluding diaryl/α,β-unsaturated/α-hetero) is 1. The van der Waals surface area contributed by atoms with Crippen LogP contribution in [-0.2, 0) is 31.5 Å². The van der Waals surface area contributed by atoms with Crippen molar-refractivity contribution in [2.45, 2.75) is 33.0 Å². The Kier molecular flexibility index (Phi) is 7.63. The number of carbonyl (C=O) groups excluding carboxylic acids is 2. The van der Waals surface area contributed by atoms with Crippen molar-refractivity contribution in [2.24, 2.45) is 18.7 Å². The molecule has 34 heavy (non-hydrogen) atoms. The van der Waals surface area contributed by atoms with Gasteiger partial charge in [-0.1, -0.05) is 18.2 Å². The third-order valence-electron chi connectivity index (χ3n) is 6.80. The molecule has 3 aromatic rings. The second-order valence-corrected chi connectivity index (χ2v) is 9.76. The highest BCUT2D eigenvalue weighted by molar-refractivity contribution is 7.98. The summed E-state index contributed by atoms with van der Waals surface area (Å²) in [5.41, 5.74) is 8.77. The normalized spacial score (nSPS) is 15.5. The van der Waals surface area contributed by atoms with Crippen molar-refractivity contribution in [1.29, 1.82) is 0 Å². The van der Waals surface area contributed by atoms with Crippen LogP contribution < -0.4 is 10.3 Å². The van der Waals surface area contributed by atoms with Crippen molar-refractivity contribution in [2.75, 3.05) is 31.6 Å². The van der Waals surface area contributed by atoms with E-state index in [2.05, 4.69) is 15.2 Å². The van der Waals surface area contributed by atoms with Crippen LogP contribution in [0.15, 0.2) is 36.7 Å². The number of ketones is 1. The molecule has 0 aliphatic heterocycles. The second-order valence-electron chi connectivity index (χ2n) is 8.77. The molecule has 2 N–H and O–H groups in total. The Morgan fingerprint density at radius 2 is 2.12 bits per heavy atom. The van der Waals surface area contributed by atoms with Crippen LogP contribution in [0.5, 0.6) is 0 Å². The van der Waals surface area contributed by atoms with E-state index in [4.69, 9.17) is 10.5 Å². The van der Waals surface area contributed by atoms with Crippen molar-refractivity contribution in [1.82, 2.24) is 14.0 Å². The van der Waals surface area contributed by atoms with Gasteiger partial charge in [-0.2, -0.15) is 16.3 Å². The van der Waals surface area contributed by atoms with Gasteiger partial charge in [-0.15, -0.1) is 0 Å². The van der Waals surface area contributed by atoms with Gasteiger partial charge in [0.2, 0.25) is 6.73 Å². The number of nitrogens with zero attached hydrogens (tertiary/aromatic N) is 4. The minimum Gasteiger partial charge on any atom is -0.408 e. The number of thioether (sulfide) groups is 1. The molecule has 8 nitrogen and oxygen atoms in total. The minimum absolute atomic E-state index is 0.0769. The molecule has 9 heteroatoms.